The van der Waals surface area contributed by atoms with Crippen LogP contribution in [0.25, 0.3) is 43.1 Å². The number of rotatable bonds is 0. The first kappa shape index (κ1) is 13.7. The maximum absolute atomic E-state index is 9.90. The topological polar surface area (TPSA) is 20.2 Å². The van der Waals surface area contributed by atoms with Crippen molar-refractivity contribution >= 4 is 55.7 Å². The summed E-state index contributed by atoms with van der Waals surface area (Å²) >= 11 is 4.32. The van der Waals surface area contributed by atoms with E-state index in [4.69, 9.17) is 0 Å². The number of phenols is 1. The van der Waals surface area contributed by atoms with Crippen LogP contribution in [0, 0.1) is 0 Å². The van der Waals surface area contributed by atoms with E-state index in [1.807, 2.05) is 6.07 Å². The number of hydrogen-bond donors (Lipinski definition) is 2. The molecule has 5 rings (SSSR count). The molecular formula is C22H14OS. The van der Waals surface area contributed by atoms with E-state index in [0.29, 0.717) is 4.90 Å². The molecule has 0 radical (unpaired) electrons. The Morgan fingerprint density at radius 2 is 0.875 bits per heavy atom. The molecule has 24 heavy (non-hydrogen) atoms. The molecule has 0 aliphatic rings. The smallest absolute Gasteiger partial charge is 0.129 e. The van der Waals surface area contributed by atoms with Gasteiger partial charge in [0.2, 0.25) is 0 Å². The molecule has 1 nitrogen and oxygen atoms in total. The molecule has 0 saturated heterocycles. The molecule has 0 amide bonds. The molecule has 0 saturated carbocycles. The lowest BCUT2D eigenvalue weighted by Gasteiger charge is -2.08. The second-order valence-corrected chi connectivity index (χ2v) is 6.77. The molecule has 0 aliphatic heterocycles. The standard InChI is InChI=1S/C22H14OS/c23-21-11-19-9-17-7-15-5-13-3-1-2-4-14(13)6-16(15)8-18(17)10-20(19)12-22(21)24/h1-12,23-24H. The third kappa shape index (κ3) is 2.04. The highest BCUT2D eigenvalue weighted by molar-refractivity contribution is 7.80. The van der Waals surface area contributed by atoms with Gasteiger partial charge in [0, 0.05) is 4.90 Å². The van der Waals surface area contributed by atoms with Crippen molar-refractivity contribution in [3.05, 3.63) is 72.8 Å². The molecule has 0 aromatic heterocycles. The largest absolute Gasteiger partial charge is 0.507 e. The average Bonchev–Trinajstić information content (AvgIpc) is 2.58. The third-order valence-corrected chi connectivity index (χ3v) is 5.07. The molecule has 0 bridgehead atoms. The van der Waals surface area contributed by atoms with E-state index in [2.05, 4.69) is 73.3 Å². The number of benzene rings is 5. The molecule has 5 aromatic rings. The van der Waals surface area contributed by atoms with E-state index in [0.717, 1.165) is 10.8 Å². The van der Waals surface area contributed by atoms with Gasteiger partial charge in [0.25, 0.3) is 0 Å². The Hall–Kier alpha value is -2.71. The van der Waals surface area contributed by atoms with Gasteiger partial charge in [-0.15, -0.1) is 12.6 Å². The fourth-order valence-electron chi connectivity index (χ4n) is 3.47. The van der Waals surface area contributed by atoms with Crippen LogP contribution in [0.15, 0.2) is 77.7 Å². The van der Waals surface area contributed by atoms with Crippen LogP contribution < -0.4 is 0 Å². The minimum Gasteiger partial charge on any atom is -0.507 e. The molecule has 1 N–H and O–H groups in total. The Bertz CT molecular complexity index is 1170. The maximum atomic E-state index is 9.90. The molecule has 114 valence electrons. The Morgan fingerprint density at radius 1 is 0.500 bits per heavy atom. The van der Waals surface area contributed by atoms with Gasteiger partial charge in [-0.05, 0) is 91.6 Å². The zero-order chi connectivity index (χ0) is 16.3. The van der Waals surface area contributed by atoms with Gasteiger partial charge < -0.3 is 5.11 Å². The number of fused-ring (bicyclic) bond motifs is 4. The lowest BCUT2D eigenvalue weighted by Crippen LogP contribution is -1.81. The van der Waals surface area contributed by atoms with Crippen molar-refractivity contribution in [1.82, 2.24) is 0 Å². The molecule has 0 atom stereocenters. The first-order chi connectivity index (χ1) is 11.7. The summed E-state index contributed by atoms with van der Waals surface area (Å²) in [7, 11) is 0. The second-order valence-electron chi connectivity index (χ2n) is 6.29. The Balaban J connectivity index is 1.89. The van der Waals surface area contributed by atoms with Crippen molar-refractivity contribution in [1.29, 1.82) is 0 Å². The molecular weight excluding hydrogens is 312 g/mol. The number of aromatic hydroxyl groups is 1. The van der Waals surface area contributed by atoms with Gasteiger partial charge in [-0.25, -0.2) is 0 Å². The first-order valence-electron chi connectivity index (χ1n) is 7.89. The van der Waals surface area contributed by atoms with Crippen LogP contribution in [0.4, 0.5) is 0 Å². The van der Waals surface area contributed by atoms with E-state index in [-0.39, 0.29) is 5.75 Å². The predicted molar refractivity (Wildman–Crippen MR) is 105 cm³/mol. The lowest BCUT2D eigenvalue weighted by molar-refractivity contribution is 0.464. The van der Waals surface area contributed by atoms with Gasteiger partial charge in [0.1, 0.15) is 5.75 Å². The Kier molecular flexibility index (Phi) is 2.79. The van der Waals surface area contributed by atoms with Crippen molar-refractivity contribution in [2.75, 3.05) is 0 Å². The van der Waals surface area contributed by atoms with Gasteiger partial charge in [-0.2, -0.15) is 0 Å². The molecule has 0 heterocycles. The molecule has 0 spiro atoms. The molecule has 0 unspecified atom stereocenters. The van der Waals surface area contributed by atoms with Crippen molar-refractivity contribution in [3.8, 4) is 5.75 Å². The Morgan fingerprint density at radius 3 is 1.38 bits per heavy atom. The first-order valence-corrected chi connectivity index (χ1v) is 8.34. The summed E-state index contributed by atoms with van der Waals surface area (Å²) in [5, 5.41) is 19.4. The number of hydrogen-bond acceptors (Lipinski definition) is 2. The van der Waals surface area contributed by atoms with Crippen molar-refractivity contribution in [3.63, 3.8) is 0 Å². The zero-order valence-electron chi connectivity index (χ0n) is 12.8. The summed E-state index contributed by atoms with van der Waals surface area (Å²) in [5.41, 5.74) is 0. The predicted octanol–water partition coefficient (Wildman–Crippen LogP) is 6.29. The van der Waals surface area contributed by atoms with Crippen LogP contribution in [0.1, 0.15) is 0 Å². The quantitative estimate of drug-likeness (QED) is 0.253. The van der Waals surface area contributed by atoms with Gasteiger partial charge >= 0.3 is 0 Å². The highest BCUT2D eigenvalue weighted by Crippen LogP contribution is 2.33. The molecule has 0 aliphatic carbocycles. The minimum absolute atomic E-state index is 0.219. The van der Waals surface area contributed by atoms with Crippen LogP contribution in [0.5, 0.6) is 5.75 Å². The van der Waals surface area contributed by atoms with Crippen LogP contribution in [-0.4, -0.2) is 5.11 Å². The summed E-state index contributed by atoms with van der Waals surface area (Å²) in [6.07, 6.45) is 0. The van der Waals surface area contributed by atoms with Gasteiger partial charge in [0.15, 0.2) is 0 Å². The maximum Gasteiger partial charge on any atom is 0.129 e. The fourth-order valence-corrected chi connectivity index (χ4v) is 3.68. The molecule has 0 fully saturated rings. The van der Waals surface area contributed by atoms with E-state index in [1.54, 1.807) is 6.07 Å². The van der Waals surface area contributed by atoms with Crippen molar-refractivity contribution in [2.45, 2.75) is 4.90 Å². The number of thiol groups is 1. The zero-order valence-corrected chi connectivity index (χ0v) is 13.7. The van der Waals surface area contributed by atoms with E-state index in [1.165, 1.54) is 32.3 Å². The van der Waals surface area contributed by atoms with Crippen LogP contribution in [0.2, 0.25) is 0 Å². The summed E-state index contributed by atoms with van der Waals surface area (Å²) in [4.78, 5) is 0.605. The SMILES string of the molecule is Oc1cc2cc3cc4cc5ccccc5cc4cc3cc2cc1S. The highest BCUT2D eigenvalue weighted by Gasteiger charge is 2.05. The van der Waals surface area contributed by atoms with Crippen molar-refractivity contribution < 1.29 is 5.11 Å². The summed E-state index contributed by atoms with van der Waals surface area (Å²) in [6, 6.07) is 25.4. The minimum atomic E-state index is 0.219. The number of phenolic OH excluding ortho intramolecular Hbond substituents is 1. The van der Waals surface area contributed by atoms with Crippen molar-refractivity contribution in [2.24, 2.45) is 0 Å². The van der Waals surface area contributed by atoms with Gasteiger partial charge in [-0.3, -0.25) is 0 Å². The van der Waals surface area contributed by atoms with Gasteiger partial charge in [0.05, 0.1) is 0 Å². The summed E-state index contributed by atoms with van der Waals surface area (Å²) < 4.78 is 0. The third-order valence-electron chi connectivity index (χ3n) is 4.71. The van der Waals surface area contributed by atoms with Crippen LogP contribution in [-0.2, 0) is 0 Å². The van der Waals surface area contributed by atoms with E-state index >= 15 is 0 Å². The summed E-state index contributed by atoms with van der Waals surface area (Å²) in [5.74, 6) is 0.219. The second kappa shape index (κ2) is 4.89. The average molecular weight is 326 g/mol. The van der Waals surface area contributed by atoms with E-state index in [9.17, 15) is 5.11 Å². The molecule has 2 heteroatoms. The fraction of sp³-hybridized carbons (Fsp3) is 0. The van der Waals surface area contributed by atoms with E-state index < -0.39 is 0 Å². The van der Waals surface area contributed by atoms with Crippen LogP contribution in [0.3, 0.4) is 0 Å². The normalized spacial score (nSPS) is 11.7. The lowest BCUT2D eigenvalue weighted by atomic mass is 9.97. The van der Waals surface area contributed by atoms with Crippen LogP contribution >= 0.6 is 12.6 Å². The monoisotopic (exact) mass is 326 g/mol. The summed E-state index contributed by atoms with van der Waals surface area (Å²) in [6.45, 7) is 0. The highest BCUT2D eigenvalue weighted by atomic mass is 32.1. The Labute approximate surface area is 144 Å². The van der Waals surface area contributed by atoms with Gasteiger partial charge in [-0.1, -0.05) is 24.3 Å². The molecule has 5 aromatic carbocycles.